The zero-order chi connectivity index (χ0) is 16.2. The highest BCUT2D eigenvalue weighted by Crippen LogP contribution is 2.22. The second-order valence-electron chi connectivity index (χ2n) is 4.89. The van der Waals surface area contributed by atoms with E-state index in [1.54, 1.807) is 18.2 Å². The number of benzene rings is 1. The molecule has 0 saturated carbocycles. The van der Waals surface area contributed by atoms with Gasteiger partial charge in [-0.3, -0.25) is 0 Å². The van der Waals surface area contributed by atoms with Gasteiger partial charge in [0.15, 0.2) is 6.04 Å². The number of carboxylic acid groups (broad SMARTS) is 1. The summed E-state index contributed by atoms with van der Waals surface area (Å²) < 4.78 is 0. The predicted octanol–water partition coefficient (Wildman–Crippen LogP) is 3.91. The summed E-state index contributed by atoms with van der Waals surface area (Å²) in [6, 6.07) is 8.94. The Balaban J connectivity index is 1.79. The zero-order valence-corrected chi connectivity index (χ0v) is 12.7. The van der Waals surface area contributed by atoms with Gasteiger partial charge in [-0.1, -0.05) is 41.1 Å². The van der Waals surface area contributed by atoms with E-state index in [0.29, 0.717) is 10.7 Å². The third-order valence-corrected chi connectivity index (χ3v) is 3.60. The number of allylic oxidation sites excluding steroid dienone is 4. The summed E-state index contributed by atoms with van der Waals surface area (Å²) in [6.07, 6.45) is 8.32. The molecule has 1 heterocycles. The van der Waals surface area contributed by atoms with E-state index in [0.717, 1.165) is 12.0 Å². The van der Waals surface area contributed by atoms with E-state index >= 15 is 0 Å². The van der Waals surface area contributed by atoms with Crippen molar-refractivity contribution in [2.75, 3.05) is 5.01 Å². The number of carboxylic acids is 1. The topological polar surface area (TPSA) is 65.3 Å². The fourth-order valence-electron chi connectivity index (χ4n) is 2.14. The predicted molar refractivity (Wildman–Crippen MR) is 88.1 cm³/mol. The van der Waals surface area contributed by atoms with Gasteiger partial charge in [0.1, 0.15) is 0 Å². The summed E-state index contributed by atoms with van der Waals surface area (Å²) in [6.45, 7) is 0. The van der Waals surface area contributed by atoms with Gasteiger partial charge in [-0.2, -0.15) is 5.01 Å². The molecule has 23 heavy (non-hydrogen) atoms. The molecule has 1 aliphatic heterocycles. The van der Waals surface area contributed by atoms with Gasteiger partial charge in [-0.15, -0.1) is 5.11 Å². The Morgan fingerprint density at radius 3 is 2.96 bits per heavy atom. The van der Waals surface area contributed by atoms with Crippen LogP contribution in [-0.4, -0.2) is 17.1 Å². The molecular formula is C17H12ClN3O2. The number of halogens is 1. The van der Waals surface area contributed by atoms with Crippen LogP contribution in [0.3, 0.4) is 0 Å². The Bertz CT molecular complexity index is 828. The summed E-state index contributed by atoms with van der Waals surface area (Å²) in [4.78, 5) is 11.0. The van der Waals surface area contributed by atoms with Crippen LogP contribution < -0.4 is 5.01 Å². The Morgan fingerprint density at radius 1 is 1.35 bits per heavy atom. The molecular weight excluding hydrogens is 314 g/mol. The summed E-state index contributed by atoms with van der Waals surface area (Å²) in [5, 5.41) is 19.4. The maximum Gasteiger partial charge on any atom is 0.335 e. The largest absolute Gasteiger partial charge is 0.478 e. The van der Waals surface area contributed by atoms with Crippen LogP contribution in [0.4, 0.5) is 5.69 Å². The number of aromatic carboxylic acids is 1. The van der Waals surface area contributed by atoms with Crippen molar-refractivity contribution in [2.45, 2.75) is 12.5 Å². The minimum atomic E-state index is -0.996. The molecule has 0 bridgehead atoms. The van der Waals surface area contributed by atoms with Gasteiger partial charge in [0.05, 0.1) is 11.3 Å². The van der Waals surface area contributed by atoms with Crippen LogP contribution in [0.1, 0.15) is 16.8 Å². The minimum Gasteiger partial charge on any atom is -0.478 e. The van der Waals surface area contributed by atoms with Crippen molar-refractivity contribution in [1.29, 1.82) is 0 Å². The molecule has 114 valence electrons. The van der Waals surface area contributed by atoms with Gasteiger partial charge < -0.3 is 5.11 Å². The fraction of sp³-hybridized carbons (Fsp3) is 0.118. The molecule has 1 N–H and O–H groups in total. The van der Waals surface area contributed by atoms with E-state index < -0.39 is 5.97 Å². The Morgan fingerprint density at radius 2 is 2.22 bits per heavy atom. The number of anilines is 1. The molecule has 6 heteroatoms. The van der Waals surface area contributed by atoms with Crippen LogP contribution in [0, 0.1) is 12.0 Å². The lowest BCUT2D eigenvalue weighted by Gasteiger charge is -2.16. The smallest absolute Gasteiger partial charge is 0.335 e. The number of nitrogens with zero attached hydrogens (tertiary/aromatic N) is 3. The number of carbonyl (C=O) groups is 1. The standard InChI is InChI=1S/C17H12ClN3O2/c18-14-5-1-3-12(7-8-14)16-9-10-21(20-19-16)15-6-2-4-13(11-15)17(22)23/h2-8,11,16H,1H2,(H,22,23). The van der Waals surface area contributed by atoms with Gasteiger partial charge in [0, 0.05) is 11.1 Å². The van der Waals surface area contributed by atoms with Crippen LogP contribution >= 0.6 is 11.6 Å². The molecule has 0 aromatic heterocycles. The van der Waals surface area contributed by atoms with Crippen molar-refractivity contribution < 1.29 is 9.90 Å². The van der Waals surface area contributed by atoms with Crippen LogP contribution in [0.5, 0.6) is 0 Å². The van der Waals surface area contributed by atoms with E-state index in [1.807, 2.05) is 18.2 Å². The number of hydrogen-bond acceptors (Lipinski definition) is 4. The molecule has 1 aromatic carbocycles. The number of hydrogen-bond donors (Lipinski definition) is 1. The maximum atomic E-state index is 11.0. The van der Waals surface area contributed by atoms with Gasteiger partial charge in [0.25, 0.3) is 0 Å². The lowest BCUT2D eigenvalue weighted by molar-refractivity contribution is 0.0697. The second kappa shape index (κ2) is 6.51. The lowest BCUT2D eigenvalue weighted by atomic mass is 10.1. The molecule has 0 radical (unpaired) electrons. The Hall–Kier alpha value is -2.84. The summed E-state index contributed by atoms with van der Waals surface area (Å²) in [5.41, 5.74) is 1.68. The minimum absolute atomic E-state index is 0.178. The first kappa shape index (κ1) is 15.1. The van der Waals surface area contributed by atoms with Crippen LogP contribution in [0.15, 0.2) is 69.5 Å². The summed E-state index contributed by atoms with van der Waals surface area (Å²) >= 11 is 5.96. The number of rotatable bonds is 3. The molecule has 3 rings (SSSR count). The fourth-order valence-corrected chi connectivity index (χ4v) is 2.29. The van der Waals surface area contributed by atoms with Crippen molar-refractivity contribution in [3.05, 3.63) is 64.7 Å². The molecule has 2 aliphatic rings. The first-order valence-electron chi connectivity index (χ1n) is 6.93. The Kier molecular flexibility index (Phi) is 4.26. The molecule has 0 saturated heterocycles. The van der Waals surface area contributed by atoms with Gasteiger partial charge in [-0.25, -0.2) is 4.79 Å². The van der Waals surface area contributed by atoms with E-state index in [4.69, 9.17) is 16.7 Å². The third-order valence-electron chi connectivity index (χ3n) is 3.32. The molecule has 1 unspecified atom stereocenters. The maximum absolute atomic E-state index is 11.0. The molecule has 0 fully saturated rings. The first-order valence-corrected chi connectivity index (χ1v) is 7.30. The lowest BCUT2D eigenvalue weighted by Crippen LogP contribution is -2.16. The average molecular weight is 326 g/mol. The van der Waals surface area contributed by atoms with E-state index in [1.165, 1.54) is 17.1 Å². The molecule has 1 aliphatic carbocycles. The normalized spacial score (nSPS) is 19.3. The summed E-state index contributed by atoms with van der Waals surface area (Å²) in [7, 11) is 0. The highest BCUT2D eigenvalue weighted by atomic mass is 35.5. The van der Waals surface area contributed by atoms with E-state index in [-0.39, 0.29) is 11.6 Å². The third kappa shape index (κ3) is 3.50. The molecule has 1 aromatic rings. The molecule has 5 nitrogen and oxygen atoms in total. The Labute approximate surface area is 138 Å². The van der Waals surface area contributed by atoms with E-state index in [2.05, 4.69) is 22.3 Å². The highest BCUT2D eigenvalue weighted by Gasteiger charge is 2.15. The zero-order valence-electron chi connectivity index (χ0n) is 12.0. The summed E-state index contributed by atoms with van der Waals surface area (Å²) in [5.74, 6) is 2.02. The molecule has 1 atom stereocenters. The van der Waals surface area contributed by atoms with Crippen LogP contribution in [0.25, 0.3) is 0 Å². The van der Waals surface area contributed by atoms with Gasteiger partial charge in [0.2, 0.25) is 0 Å². The highest BCUT2D eigenvalue weighted by molar-refractivity contribution is 6.31. The van der Waals surface area contributed by atoms with Crippen molar-refractivity contribution in [3.63, 3.8) is 0 Å². The average Bonchev–Trinajstić information content (AvgIpc) is 2.80. The van der Waals surface area contributed by atoms with Gasteiger partial charge in [-0.05, 0) is 42.2 Å². The monoisotopic (exact) mass is 325 g/mol. The van der Waals surface area contributed by atoms with Crippen molar-refractivity contribution in [2.24, 2.45) is 10.3 Å². The van der Waals surface area contributed by atoms with Crippen molar-refractivity contribution in [1.82, 2.24) is 0 Å². The first-order chi connectivity index (χ1) is 11.1. The van der Waals surface area contributed by atoms with Crippen molar-refractivity contribution >= 4 is 23.3 Å². The van der Waals surface area contributed by atoms with E-state index in [9.17, 15) is 4.79 Å². The second-order valence-corrected chi connectivity index (χ2v) is 5.33. The molecule has 0 amide bonds. The van der Waals surface area contributed by atoms with Gasteiger partial charge >= 0.3 is 5.97 Å². The van der Waals surface area contributed by atoms with Crippen LogP contribution in [0.2, 0.25) is 0 Å². The quantitative estimate of drug-likeness (QED) is 0.857. The SMILES string of the molecule is O=C(O)c1cccc(N2C#CC(C3=CCC=C(Cl)C=C3)N=N2)c1. The molecule has 0 spiro atoms. The van der Waals surface area contributed by atoms with Crippen molar-refractivity contribution in [3.8, 4) is 12.0 Å². The van der Waals surface area contributed by atoms with Crippen LogP contribution in [-0.2, 0) is 0 Å².